The molecule has 0 radical (unpaired) electrons. The minimum atomic E-state index is 0.887. The number of para-hydroxylation sites is 2. The van der Waals surface area contributed by atoms with Crippen LogP contribution >= 0.6 is 0 Å². The van der Waals surface area contributed by atoms with E-state index in [0.717, 1.165) is 122 Å². The standard InChI is InChI=1S/C58H35NO3/c1-2-10-46-37(9-1)25-34-50-57-45(14-8-18-54(57)62-58(46)50)39-23-31-43(32-24-39)59(41-27-19-36(20-28-41)40-26-33-48-47-11-3-5-15-51(47)61-55(48)35-40)42-29-21-38(22-30-42)44-13-7-17-53-56(44)49-12-4-6-16-52(49)60-53/h1-35H. The smallest absolute Gasteiger partial charge is 0.143 e. The van der Waals surface area contributed by atoms with Gasteiger partial charge in [0.25, 0.3) is 0 Å². The van der Waals surface area contributed by atoms with Crippen LogP contribution in [0.5, 0.6) is 0 Å². The Morgan fingerprint density at radius 2 is 0.742 bits per heavy atom. The van der Waals surface area contributed by atoms with Gasteiger partial charge in [-0.25, -0.2) is 0 Å². The van der Waals surface area contributed by atoms with Crippen molar-refractivity contribution in [1.29, 1.82) is 0 Å². The molecule has 3 heterocycles. The van der Waals surface area contributed by atoms with Crippen molar-refractivity contribution in [2.45, 2.75) is 0 Å². The molecule has 0 aliphatic rings. The quantitative estimate of drug-likeness (QED) is 0.168. The van der Waals surface area contributed by atoms with Crippen LogP contribution < -0.4 is 4.90 Å². The van der Waals surface area contributed by atoms with Gasteiger partial charge in [-0.2, -0.15) is 0 Å². The van der Waals surface area contributed by atoms with Crippen molar-refractivity contribution >= 4 is 93.7 Å². The highest BCUT2D eigenvalue weighted by Gasteiger charge is 2.19. The molecule has 0 atom stereocenters. The number of rotatable bonds is 6. The molecule has 0 saturated carbocycles. The van der Waals surface area contributed by atoms with E-state index in [-0.39, 0.29) is 0 Å². The highest BCUT2D eigenvalue weighted by molar-refractivity contribution is 6.19. The summed E-state index contributed by atoms with van der Waals surface area (Å²) in [5, 5.41) is 9.07. The second-order valence-corrected chi connectivity index (χ2v) is 16.0. The molecule has 0 aliphatic heterocycles. The predicted octanol–water partition coefficient (Wildman–Crippen LogP) is 17.0. The van der Waals surface area contributed by atoms with Crippen molar-refractivity contribution in [3.8, 4) is 33.4 Å². The number of fused-ring (bicyclic) bond motifs is 11. The van der Waals surface area contributed by atoms with Gasteiger partial charge >= 0.3 is 0 Å². The first-order chi connectivity index (χ1) is 30.7. The third-order valence-corrected chi connectivity index (χ3v) is 12.5. The maximum Gasteiger partial charge on any atom is 0.143 e. The Bertz CT molecular complexity index is 3850. The molecule has 0 saturated heterocycles. The van der Waals surface area contributed by atoms with E-state index in [4.69, 9.17) is 13.3 Å². The third-order valence-electron chi connectivity index (χ3n) is 12.5. The number of hydrogen-bond donors (Lipinski definition) is 0. The molecule has 0 fully saturated rings. The second-order valence-electron chi connectivity index (χ2n) is 16.0. The van der Waals surface area contributed by atoms with E-state index in [0.29, 0.717) is 0 Å². The van der Waals surface area contributed by atoms with Gasteiger partial charge in [-0.3, -0.25) is 0 Å². The zero-order chi connectivity index (χ0) is 40.7. The Morgan fingerprint density at radius 3 is 1.42 bits per heavy atom. The fourth-order valence-corrected chi connectivity index (χ4v) is 9.55. The molecule has 4 nitrogen and oxygen atoms in total. The minimum Gasteiger partial charge on any atom is -0.456 e. The molecule has 0 N–H and O–H groups in total. The number of benzene rings is 10. The summed E-state index contributed by atoms with van der Waals surface area (Å²) < 4.78 is 19.0. The first kappa shape index (κ1) is 34.5. The second kappa shape index (κ2) is 13.6. The molecular formula is C58H35NO3. The third kappa shape index (κ3) is 5.40. The molecule has 290 valence electrons. The number of furan rings is 3. The van der Waals surface area contributed by atoms with E-state index >= 15 is 0 Å². The van der Waals surface area contributed by atoms with E-state index in [9.17, 15) is 0 Å². The highest BCUT2D eigenvalue weighted by Crippen LogP contribution is 2.43. The molecular weight excluding hydrogens is 759 g/mol. The molecule has 62 heavy (non-hydrogen) atoms. The van der Waals surface area contributed by atoms with E-state index in [2.05, 4.69) is 193 Å². The lowest BCUT2D eigenvalue weighted by Crippen LogP contribution is -2.09. The van der Waals surface area contributed by atoms with E-state index < -0.39 is 0 Å². The SMILES string of the molecule is c1ccc2c(c1)ccc1c2oc2cccc(-c3ccc(N(c4ccc(-c5ccc6c(c5)oc5ccccc56)cc4)c4ccc(-c5cccc6oc7ccccc7c56)cc4)cc3)c21. The predicted molar refractivity (Wildman–Crippen MR) is 257 cm³/mol. The van der Waals surface area contributed by atoms with Crippen LogP contribution in [0.4, 0.5) is 17.1 Å². The van der Waals surface area contributed by atoms with Crippen LogP contribution in [-0.2, 0) is 0 Å². The number of anilines is 3. The van der Waals surface area contributed by atoms with Gasteiger partial charge in [-0.15, -0.1) is 0 Å². The topological polar surface area (TPSA) is 42.7 Å². The number of nitrogens with zero attached hydrogens (tertiary/aromatic N) is 1. The lowest BCUT2D eigenvalue weighted by atomic mass is 9.97. The Labute approximate surface area is 356 Å². The summed E-state index contributed by atoms with van der Waals surface area (Å²) >= 11 is 0. The zero-order valence-corrected chi connectivity index (χ0v) is 33.4. The van der Waals surface area contributed by atoms with Gasteiger partial charge in [0.2, 0.25) is 0 Å². The first-order valence-corrected chi connectivity index (χ1v) is 21.0. The molecule has 3 aromatic heterocycles. The lowest BCUT2D eigenvalue weighted by molar-refractivity contribution is 0.668. The Kier molecular flexibility index (Phi) is 7.57. The zero-order valence-electron chi connectivity index (χ0n) is 33.4. The summed E-state index contributed by atoms with van der Waals surface area (Å²) in [5.74, 6) is 0. The summed E-state index contributed by atoms with van der Waals surface area (Å²) in [6.45, 7) is 0. The van der Waals surface area contributed by atoms with Crippen molar-refractivity contribution in [2.24, 2.45) is 0 Å². The molecule has 0 amide bonds. The first-order valence-electron chi connectivity index (χ1n) is 21.0. The normalized spacial score (nSPS) is 11.9. The Morgan fingerprint density at radius 1 is 0.274 bits per heavy atom. The highest BCUT2D eigenvalue weighted by atomic mass is 16.3. The van der Waals surface area contributed by atoms with Crippen LogP contribution in [0, 0.1) is 0 Å². The van der Waals surface area contributed by atoms with Crippen molar-refractivity contribution in [2.75, 3.05) is 4.90 Å². The maximum atomic E-state index is 6.54. The van der Waals surface area contributed by atoms with Crippen LogP contribution in [0.1, 0.15) is 0 Å². The van der Waals surface area contributed by atoms with Crippen molar-refractivity contribution < 1.29 is 13.3 Å². The van der Waals surface area contributed by atoms with Gasteiger partial charge in [-0.05, 0) is 118 Å². The van der Waals surface area contributed by atoms with Crippen LogP contribution in [0.3, 0.4) is 0 Å². The van der Waals surface area contributed by atoms with Crippen molar-refractivity contribution in [3.63, 3.8) is 0 Å². The molecule has 13 aromatic rings. The van der Waals surface area contributed by atoms with E-state index in [1.165, 1.54) is 5.39 Å². The van der Waals surface area contributed by atoms with Gasteiger partial charge in [0, 0.05) is 54.8 Å². The van der Waals surface area contributed by atoms with E-state index in [1.54, 1.807) is 0 Å². The molecule has 0 spiro atoms. The Balaban J connectivity index is 0.909. The summed E-state index contributed by atoms with van der Waals surface area (Å²) in [7, 11) is 0. The molecule has 10 aromatic carbocycles. The lowest BCUT2D eigenvalue weighted by Gasteiger charge is -2.26. The largest absolute Gasteiger partial charge is 0.456 e. The van der Waals surface area contributed by atoms with Crippen LogP contribution in [0.25, 0.3) is 110 Å². The summed E-state index contributed by atoms with van der Waals surface area (Å²) in [5.41, 5.74) is 15.3. The van der Waals surface area contributed by atoms with Crippen LogP contribution in [0.15, 0.2) is 226 Å². The fourth-order valence-electron chi connectivity index (χ4n) is 9.55. The summed E-state index contributed by atoms with van der Waals surface area (Å²) in [4.78, 5) is 2.33. The molecule has 0 aliphatic carbocycles. The van der Waals surface area contributed by atoms with Gasteiger partial charge in [0.05, 0.1) is 0 Å². The maximum absolute atomic E-state index is 6.54. The average molecular weight is 794 g/mol. The molecule has 4 heteroatoms. The molecule has 0 bridgehead atoms. The minimum absolute atomic E-state index is 0.887. The molecule has 0 unspecified atom stereocenters. The van der Waals surface area contributed by atoms with Gasteiger partial charge in [0.15, 0.2) is 0 Å². The summed E-state index contributed by atoms with van der Waals surface area (Å²) in [6, 6.07) is 75.1. The van der Waals surface area contributed by atoms with Crippen LogP contribution in [-0.4, -0.2) is 0 Å². The average Bonchev–Trinajstić information content (AvgIpc) is 4.04. The molecule has 13 rings (SSSR count). The number of hydrogen-bond acceptors (Lipinski definition) is 4. The summed E-state index contributed by atoms with van der Waals surface area (Å²) in [6.07, 6.45) is 0. The van der Waals surface area contributed by atoms with Crippen molar-refractivity contribution in [3.05, 3.63) is 212 Å². The monoisotopic (exact) mass is 793 g/mol. The van der Waals surface area contributed by atoms with Crippen molar-refractivity contribution in [1.82, 2.24) is 0 Å². The van der Waals surface area contributed by atoms with E-state index in [1.807, 2.05) is 24.3 Å². The Hall–Kier alpha value is -8.34. The van der Waals surface area contributed by atoms with Gasteiger partial charge in [0.1, 0.15) is 33.5 Å². The fraction of sp³-hybridized carbons (Fsp3) is 0. The van der Waals surface area contributed by atoms with Crippen LogP contribution in [0.2, 0.25) is 0 Å². The van der Waals surface area contributed by atoms with Gasteiger partial charge < -0.3 is 18.2 Å². The van der Waals surface area contributed by atoms with Gasteiger partial charge in [-0.1, -0.05) is 133 Å².